The van der Waals surface area contributed by atoms with Gasteiger partial charge in [-0.25, -0.2) is 0 Å². The van der Waals surface area contributed by atoms with E-state index in [4.69, 9.17) is 9.26 Å². The minimum absolute atomic E-state index is 0.0187. The molecule has 0 aliphatic carbocycles. The zero-order valence-corrected chi connectivity index (χ0v) is 12.3. The van der Waals surface area contributed by atoms with Gasteiger partial charge in [-0.3, -0.25) is 4.79 Å². The number of carbonyl (C=O) groups excluding carboxylic acids is 1. The van der Waals surface area contributed by atoms with Gasteiger partial charge in [-0.05, 0) is 26.9 Å². The van der Waals surface area contributed by atoms with Crippen molar-refractivity contribution < 1.29 is 14.1 Å². The standard InChI is InChI=1S/C13H22N4O3/c1-16(2)8-11-14-13(20-15-11)10-5-4-6-17(7-10)12(18)9-19-3/h10H,4-9H2,1-3H3/t10-/m0/s1. The van der Waals surface area contributed by atoms with Crippen LogP contribution in [0.5, 0.6) is 0 Å². The highest BCUT2D eigenvalue weighted by Crippen LogP contribution is 2.25. The van der Waals surface area contributed by atoms with Gasteiger partial charge in [0.25, 0.3) is 0 Å². The van der Waals surface area contributed by atoms with E-state index in [0.717, 1.165) is 19.4 Å². The van der Waals surface area contributed by atoms with Crippen LogP contribution in [-0.4, -0.2) is 66.7 Å². The molecule has 1 amide bonds. The summed E-state index contributed by atoms with van der Waals surface area (Å²) in [6, 6.07) is 0. The molecule has 112 valence electrons. The smallest absolute Gasteiger partial charge is 0.248 e. The fourth-order valence-corrected chi connectivity index (χ4v) is 2.40. The summed E-state index contributed by atoms with van der Waals surface area (Å²) < 4.78 is 10.2. The molecule has 0 unspecified atom stereocenters. The van der Waals surface area contributed by atoms with Crippen LogP contribution in [0.25, 0.3) is 0 Å². The van der Waals surface area contributed by atoms with Gasteiger partial charge in [0.2, 0.25) is 11.8 Å². The highest BCUT2D eigenvalue weighted by molar-refractivity contribution is 5.77. The minimum Gasteiger partial charge on any atom is -0.375 e. The van der Waals surface area contributed by atoms with Gasteiger partial charge in [0.15, 0.2) is 5.82 Å². The Labute approximate surface area is 118 Å². The maximum atomic E-state index is 11.9. The molecular formula is C13H22N4O3. The van der Waals surface area contributed by atoms with E-state index in [2.05, 4.69) is 10.1 Å². The fourth-order valence-electron chi connectivity index (χ4n) is 2.40. The second-order valence-corrected chi connectivity index (χ2v) is 5.40. The third-order valence-electron chi connectivity index (χ3n) is 3.33. The Balaban J connectivity index is 1.98. The Morgan fingerprint density at radius 3 is 3.05 bits per heavy atom. The number of hydrogen-bond acceptors (Lipinski definition) is 6. The molecule has 0 saturated carbocycles. The Kier molecular flexibility index (Phi) is 5.08. The molecule has 2 heterocycles. The monoisotopic (exact) mass is 282 g/mol. The second-order valence-electron chi connectivity index (χ2n) is 5.40. The molecule has 1 aliphatic heterocycles. The second kappa shape index (κ2) is 6.81. The first-order valence-corrected chi connectivity index (χ1v) is 6.84. The predicted molar refractivity (Wildman–Crippen MR) is 72.1 cm³/mol. The number of piperidine rings is 1. The zero-order chi connectivity index (χ0) is 14.5. The summed E-state index contributed by atoms with van der Waals surface area (Å²) in [5, 5.41) is 3.98. The summed E-state index contributed by atoms with van der Waals surface area (Å²) in [4.78, 5) is 20.1. The summed E-state index contributed by atoms with van der Waals surface area (Å²) in [6.07, 6.45) is 1.92. The van der Waals surface area contributed by atoms with Gasteiger partial charge < -0.3 is 19.1 Å². The first-order valence-electron chi connectivity index (χ1n) is 6.84. The summed E-state index contributed by atoms with van der Waals surface area (Å²) in [7, 11) is 5.45. The van der Waals surface area contributed by atoms with Crippen molar-refractivity contribution in [1.29, 1.82) is 0 Å². The van der Waals surface area contributed by atoms with Crippen LogP contribution in [-0.2, 0) is 16.1 Å². The van der Waals surface area contributed by atoms with Crippen LogP contribution in [0.3, 0.4) is 0 Å². The number of methoxy groups -OCH3 is 1. The zero-order valence-electron chi connectivity index (χ0n) is 12.3. The number of amides is 1. The van der Waals surface area contributed by atoms with Crippen LogP contribution in [0.4, 0.5) is 0 Å². The van der Waals surface area contributed by atoms with Crippen molar-refractivity contribution in [3.8, 4) is 0 Å². The molecule has 1 aliphatic rings. The fraction of sp³-hybridized carbons (Fsp3) is 0.769. The number of rotatable bonds is 5. The molecule has 0 radical (unpaired) electrons. The van der Waals surface area contributed by atoms with Crippen molar-refractivity contribution >= 4 is 5.91 Å². The third-order valence-corrected chi connectivity index (χ3v) is 3.33. The van der Waals surface area contributed by atoms with Gasteiger partial charge in [0, 0.05) is 20.2 Å². The van der Waals surface area contributed by atoms with E-state index in [1.54, 1.807) is 0 Å². The van der Waals surface area contributed by atoms with Gasteiger partial charge >= 0.3 is 0 Å². The Morgan fingerprint density at radius 2 is 2.35 bits per heavy atom. The van der Waals surface area contributed by atoms with E-state index in [9.17, 15) is 4.79 Å². The van der Waals surface area contributed by atoms with Crippen LogP contribution in [0.1, 0.15) is 30.5 Å². The summed E-state index contributed by atoms with van der Waals surface area (Å²) >= 11 is 0. The molecule has 0 bridgehead atoms. The molecule has 2 rings (SSSR count). The van der Waals surface area contributed by atoms with Gasteiger partial charge in [-0.15, -0.1) is 0 Å². The number of aromatic nitrogens is 2. The molecule has 1 fully saturated rings. The molecule has 1 aromatic rings. The molecule has 1 saturated heterocycles. The third kappa shape index (κ3) is 3.77. The average Bonchev–Trinajstić information content (AvgIpc) is 2.87. The normalized spacial score (nSPS) is 19.6. The maximum absolute atomic E-state index is 11.9. The first kappa shape index (κ1) is 14.9. The number of ether oxygens (including phenoxy) is 1. The van der Waals surface area contributed by atoms with Crippen LogP contribution in [0.15, 0.2) is 4.52 Å². The van der Waals surface area contributed by atoms with Gasteiger partial charge in [0.1, 0.15) is 6.61 Å². The van der Waals surface area contributed by atoms with Crippen molar-refractivity contribution in [2.75, 3.05) is 40.9 Å². The highest BCUT2D eigenvalue weighted by Gasteiger charge is 2.28. The molecule has 1 aromatic heterocycles. The van der Waals surface area contributed by atoms with Crippen molar-refractivity contribution in [1.82, 2.24) is 19.9 Å². The largest absolute Gasteiger partial charge is 0.375 e. The molecular weight excluding hydrogens is 260 g/mol. The molecule has 0 aromatic carbocycles. The van der Waals surface area contributed by atoms with Crippen molar-refractivity contribution in [2.24, 2.45) is 0 Å². The lowest BCUT2D eigenvalue weighted by atomic mass is 9.98. The first-order chi connectivity index (χ1) is 9.60. The van der Waals surface area contributed by atoms with E-state index in [0.29, 0.717) is 24.8 Å². The van der Waals surface area contributed by atoms with Crippen LogP contribution >= 0.6 is 0 Å². The molecule has 20 heavy (non-hydrogen) atoms. The predicted octanol–water partition coefficient (Wildman–Crippen LogP) is 0.484. The number of likely N-dealkylation sites (tertiary alicyclic amines) is 1. The molecule has 0 spiro atoms. The number of carbonyl (C=O) groups is 1. The SMILES string of the molecule is COCC(=O)N1CCC[C@H](c2nc(CN(C)C)no2)C1. The lowest BCUT2D eigenvalue weighted by Gasteiger charge is -2.30. The lowest BCUT2D eigenvalue weighted by Crippen LogP contribution is -2.40. The van der Waals surface area contributed by atoms with Crippen molar-refractivity contribution in [2.45, 2.75) is 25.3 Å². The van der Waals surface area contributed by atoms with E-state index >= 15 is 0 Å². The van der Waals surface area contributed by atoms with Crippen LogP contribution in [0.2, 0.25) is 0 Å². The maximum Gasteiger partial charge on any atom is 0.248 e. The summed E-state index contributed by atoms with van der Waals surface area (Å²) in [6.45, 7) is 2.19. The summed E-state index contributed by atoms with van der Waals surface area (Å²) in [5.74, 6) is 1.47. The number of hydrogen-bond donors (Lipinski definition) is 0. The average molecular weight is 282 g/mol. The van der Waals surface area contributed by atoms with Crippen LogP contribution in [0, 0.1) is 0 Å². The Bertz CT molecular complexity index is 447. The Hall–Kier alpha value is -1.47. The van der Waals surface area contributed by atoms with Crippen LogP contribution < -0.4 is 0 Å². The van der Waals surface area contributed by atoms with E-state index in [1.807, 2.05) is 23.9 Å². The van der Waals surface area contributed by atoms with Gasteiger partial charge in [-0.1, -0.05) is 5.16 Å². The highest BCUT2D eigenvalue weighted by atomic mass is 16.5. The topological polar surface area (TPSA) is 71.7 Å². The van der Waals surface area contributed by atoms with Crippen molar-refractivity contribution in [3.63, 3.8) is 0 Å². The Morgan fingerprint density at radius 1 is 1.55 bits per heavy atom. The van der Waals surface area contributed by atoms with Gasteiger partial charge in [0.05, 0.1) is 12.5 Å². The molecule has 0 N–H and O–H groups in total. The number of nitrogens with zero attached hydrogens (tertiary/aromatic N) is 4. The quantitative estimate of drug-likeness (QED) is 0.782. The minimum atomic E-state index is 0.0187. The molecule has 7 heteroatoms. The van der Waals surface area contributed by atoms with E-state index < -0.39 is 0 Å². The van der Waals surface area contributed by atoms with E-state index in [1.165, 1.54) is 7.11 Å². The van der Waals surface area contributed by atoms with Crippen molar-refractivity contribution in [3.05, 3.63) is 11.7 Å². The molecule has 7 nitrogen and oxygen atoms in total. The van der Waals surface area contributed by atoms with Gasteiger partial charge in [-0.2, -0.15) is 4.98 Å². The summed E-state index contributed by atoms with van der Waals surface area (Å²) in [5.41, 5.74) is 0. The van der Waals surface area contributed by atoms with E-state index in [-0.39, 0.29) is 18.4 Å². The lowest BCUT2D eigenvalue weighted by molar-refractivity contribution is -0.136. The molecule has 1 atom stereocenters.